The Kier molecular flexibility index (Phi) is 3.01. The van der Waals surface area contributed by atoms with E-state index in [1.54, 1.807) is 0 Å². The quantitative estimate of drug-likeness (QED) is 0.857. The summed E-state index contributed by atoms with van der Waals surface area (Å²) in [6, 6.07) is 7.83. The number of aliphatic hydroxyl groups excluding tert-OH is 1. The summed E-state index contributed by atoms with van der Waals surface area (Å²) >= 11 is 5.86. The predicted octanol–water partition coefficient (Wildman–Crippen LogP) is 2.24. The minimum absolute atomic E-state index is 0.0145. The van der Waals surface area contributed by atoms with Gasteiger partial charge in [-0.15, -0.1) is 0 Å². The molecule has 1 atom stereocenters. The zero-order valence-corrected chi connectivity index (χ0v) is 9.50. The van der Waals surface area contributed by atoms with Crippen LogP contribution in [0.15, 0.2) is 24.3 Å². The van der Waals surface area contributed by atoms with E-state index in [4.69, 9.17) is 16.3 Å². The zero-order valence-electron chi connectivity index (χ0n) is 8.74. The summed E-state index contributed by atoms with van der Waals surface area (Å²) in [5.74, 6) is 0.215. The van der Waals surface area contributed by atoms with E-state index >= 15 is 0 Å². The van der Waals surface area contributed by atoms with E-state index in [1.807, 2.05) is 24.3 Å². The van der Waals surface area contributed by atoms with E-state index in [1.165, 1.54) is 5.56 Å². The Morgan fingerprint density at radius 1 is 1.40 bits per heavy atom. The van der Waals surface area contributed by atoms with Crippen molar-refractivity contribution in [3.8, 4) is 0 Å². The van der Waals surface area contributed by atoms with Gasteiger partial charge in [-0.3, -0.25) is 0 Å². The van der Waals surface area contributed by atoms with Gasteiger partial charge < -0.3 is 9.84 Å². The third-order valence-corrected chi connectivity index (χ3v) is 3.61. The summed E-state index contributed by atoms with van der Waals surface area (Å²) in [5, 5.41) is 10.0. The van der Waals surface area contributed by atoms with Crippen LogP contribution in [0.2, 0.25) is 5.02 Å². The van der Waals surface area contributed by atoms with Crippen LogP contribution in [0.4, 0.5) is 0 Å². The molecule has 1 aromatic carbocycles. The standard InChI is InChI=1S/C12H15ClO2/c1-9(6-14)12(7-15-8-12)10-2-4-11(13)5-3-10/h2-5,9,14H,6-8H2,1H3. The zero-order chi connectivity index (χ0) is 10.9. The summed E-state index contributed by atoms with van der Waals surface area (Å²) in [6.45, 7) is 3.62. The molecule has 1 heterocycles. The third-order valence-electron chi connectivity index (χ3n) is 3.36. The van der Waals surface area contributed by atoms with Crippen molar-refractivity contribution in [2.75, 3.05) is 19.8 Å². The van der Waals surface area contributed by atoms with Crippen molar-refractivity contribution in [1.82, 2.24) is 0 Å². The van der Waals surface area contributed by atoms with Crippen LogP contribution in [0.25, 0.3) is 0 Å². The van der Waals surface area contributed by atoms with Gasteiger partial charge in [0.1, 0.15) is 0 Å². The fraction of sp³-hybridized carbons (Fsp3) is 0.500. The molecular formula is C12H15ClO2. The minimum Gasteiger partial charge on any atom is -0.396 e. The van der Waals surface area contributed by atoms with Crippen molar-refractivity contribution < 1.29 is 9.84 Å². The normalized spacial score (nSPS) is 20.7. The molecule has 0 bridgehead atoms. The SMILES string of the molecule is CC(CO)C1(c2ccc(Cl)cc2)COC1. The van der Waals surface area contributed by atoms with Crippen molar-refractivity contribution in [2.45, 2.75) is 12.3 Å². The lowest BCUT2D eigenvalue weighted by molar-refractivity contribution is -0.0961. The van der Waals surface area contributed by atoms with E-state index in [0.29, 0.717) is 13.2 Å². The molecule has 3 heteroatoms. The second kappa shape index (κ2) is 4.12. The molecule has 1 unspecified atom stereocenters. The van der Waals surface area contributed by atoms with E-state index in [-0.39, 0.29) is 17.9 Å². The largest absolute Gasteiger partial charge is 0.396 e. The van der Waals surface area contributed by atoms with E-state index in [9.17, 15) is 5.11 Å². The minimum atomic E-state index is -0.0145. The van der Waals surface area contributed by atoms with E-state index in [2.05, 4.69) is 6.92 Å². The maximum atomic E-state index is 9.27. The summed E-state index contributed by atoms with van der Waals surface area (Å²) in [6.07, 6.45) is 0. The van der Waals surface area contributed by atoms with Crippen LogP contribution in [0.3, 0.4) is 0 Å². The number of hydrogen-bond acceptors (Lipinski definition) is 2. The molecule has 1 aliphatic heterocycles. The lowest BCUT2D eigenvalue weighted by Crippen LogP contribution is -2.52. The molecular weight excluding hydrogens is 212 g/mol. The first-order valence-corrected chi connectivity index (χ1v) is 5.51. The van der Waals surface area contributed by atoms with Gasteiger partial charge in [0.05, 0.1) is 13.2 Å². The Balaban J connectivity index is 2.30. The molecule has 0 aliphatic carbocycles. The van der Waals surface area contributed by atoms with Crippen LogP contribution >= 0.6 is 11.6 Å². The molecule has 82 valence electrons. The highest BCUT2D eigenvalue weighted by molar-refractivity contribution is 6.30. The van der Waals surface area contributed by atoms with Crippen LogP contribution < -0.4 is 0 Å². The fourth-order valence-corrected chi connectivity index (χ4v) is 2.14. The first-order valence-electron chi connectivity index (χ1n) is 5.14. The molecule has 0 saturated carbocycles. The lowest BCUT2D eigenvalue weighted by atomic mass is 9.70. The van der Waals surface area contributed by atoms with Crippen LogP contribution in [0, 0.1) is 5.92 Å². The van der Waals surface area contributed by atoms with Crippen molar-refractivity contribution >= 4 is 11.6 Å². The summed E-state index contributed by atoms with van der Waals surface area (Å²) < 4.78 is 5.30. The van der Waals surface area contributed by atoms with Crippen molar-refractivity contribution in [3.05, 3.63) is 34.9 Å². The van der Waals surface area contributed by atoms with Gasteiger partial charge in [0.2, 0.25) is 0 Å². The average molecular weight is 227 g/mol. The molecule has 2 nitrogen and oxygen atoms in total. The van der Waals surface area contributed by atoms with Crippen LogP contribution in [-0.2, 0) is 10.2 Å². The summed E-state index contributed by atoms with van der Waals surface area (Å²) in [5.41, 5.74) is 1.19. The number of rotatable bonds is 3. The van der Waals surface area contributed by atoms with Crippen molar-refractivity contribution in [3.63, 3.8) is 0 Å². The molecule has 0 aromatic heterocycles. The van der Waals surface area contributed by atoms with E-state index in [0.717, 1.165) is 5.02 Å². The van der Waals surface area contributed by atoms with Crippen molar-refractivity contribution in [2.24, 2.45) is 5.92 Å². The van der Waals surface area contributed by atoms with Crippen molar-refractivity contribution in [1.29, 1.82) is 0 Å². The maximum Gasteiger partial charge on any atom is 0.0589 e. The molecule has 1 aliphatic rings. The van der Waals surface area contributed by atoms with Crippen LogP contribution in [0.5, 0.6) is 0 Å². The highest BCUT2D eigenvalue weighted by Gasteiger charge is 2.44. The van der Waals surface area contributed by atoms with Gasteiger partial charge >= 0.3 is 0 Å². The molecule has 0 amide bonds. The predicted molar refractivity (Wildman–Crippen MR) is 60.2 cm³/mol. The summed E-state index contributed by atoms with van der Waals surface area (Å²) in [4.78, 5) is 0. The van der Waals surface area contributed by atoms with Gasteiger partial charge in [0, 0.05) is 17.0 Å². The molecule has 0 spiro atoms. The first-order chi connectivity index (χ1) is 7.19. The molecule has 1 aromatic rings. The number of ether oxygens (including phenoxy) is 1. The van der Waals surface area contributed by atoms with E-state index < -0.39 is 0 Å². The number of aliphatic hydroxyl groups is 1. The topological polar surface area (TPSA) is 29.5 Å². The lowest BCUT2D eigenvalue weighted by Gasteiger charge is -2.46. The second-order valence-corrected chi connectivity index (χ2v) is 4.68. The van der Waals surface area contributed by atoms with Gasteiger partial charge in [0.15, 0.2) is 0 Å². The molecule has 2 rings (SSSR count). The molecule has 1 fully saturated rings. The Bertz CT molecular complexity index is 330. The molecule has 15 heavy (non-hydrogen) atoms. The number of halogens is 1. The third kappa shape index (κ3) is 1.78. The molecule has 0 radical (unpaired) electrons. The summed E-state index contributed by atoms with van der Waals surface area (Å²) in [7, 11) is 0. The molecule has 1 saturated heterocycles. The maximum absolute atomic E-state index is 9.27. The highest BCUT2D eigenvalue weighted by Crippen LogP contribution is 2.39. The van der Waals surface area contributed by atoms with Gasteiger partial charge in [0.25, 0.3) is 0 Å². The Hall–Kier alpha value is -0.570. The Labute approximate surface area is 94.8 Å². The number of hydrogen-bond donors (Lipinski definition) is 1. The first kappa shape index (κ1) is 10.9. The smallest absolute Gasteiger partial charge is 0.0589 e. The van der Waals surface area contributed by atoms with Gasteiger partial charge in [-0.05, 0) is 23.6 Å². The van der Waals surface area contributed by atoms with Gasteiger partial charge in [-0.25, -0.2) is 0 Å². The number of benzene rings is 1. The average Bonchev–Trinajstić information content (AvgIpc) is 2.19. The Morgan fingerprint density at radius 3 is 2.40 bits per heavy atom. The molecule has 1 N–H and O–H groups in total. The van der Waals surface area contributed by atoms with Gasteiger partial charge in [-0.2, -0.15) is 0 Å². The monoisotopic (exact) mass is 226 g/mol. The Morgan fingerprint density at radius 2 is 2.00 bits per heavy atom. The van der Waals surface area contributed by atoms with Gasteiger partial charge in [-0.1, -0.05) is 30.7 Å². The fourth-order valence-electron chi connectivity index (χ4n) is 2.01. The van der Waals surface area contributed by atoms with Crippen LogP contribution in [-0.4, -0.2) is 24.9 Å². The van der Waals surface area contributed by atoms with Crippen LogP contribution in [0.1, 0.15) is 12.5 Å². The highest BCUT2D eigenvalue weighted by atomic mass is 35.5. The second-order valence-electron chi connectivity index (χ2n) is 4.24.